The van der Waals surface area contributed by atoms with Crippen LogP contribution in [-0.2, 0) is 0 Å². The number of hydrogen-bond acceptors (Lipinski definition) is 2. The van der Waals surface area contributed by atoms with Gasteiger partial charge < -0.3 is 0 Å². The maximum Gasteiger partial charge on any atom is 0.251 e. The summed E-state index contributed by atoms with van der Waals surface area (Å²) in [5.74, 6) is 0.0532. The first-order chi connectivity index (χ1) is 4.59. The van der Waals surface area contributed by atoms with Crippen LogP contribution in [0, 0.1) is 5.92 Å². The van der Waals surface area contributed by atoms with Crippen molar-refractivity contribution in [3.05, 3.63) is 0 Å². The van der Waals surface area contributed by atoms with Crippen LogP contribution >= 0.6 is 21.6 Å². The van der Waals surface area contributed by atoms with Gasteiger partial charge in [-0.05, 0) is 12.2 Å². The first-order valence-electron chi connectivity index (χ1n) is 3.07. The molecule has 10 heavy (non-hydrogen) atoms. The Balaban J connectivity index is 3.73. The Kier molecular flexibility index (Phi) is 5.54. The van der Waals surface area contributed by atoms with E-state index in [1.54, 1.807) is 0 Å². The summed E-state index contributed by atoms with van der Waals surface area (Å²) >= 11 is 0. The van der Waals surface area contributed by atoms with Crippen molar-refractivity contribution in [2.24, 2.45) is 5.92 Å². The van der Waals surface area contributed by atoms with Gasteiger partial charge in [0.2, 0.25) is 0 Å². The van der Waals surface area contributed by atoms with E-state index in [2.05, 4.69) is 0 Å². The molecule has 0 rings (SSSR count). The van der Waals surface area contributed by atoms with Crippen molar-refractivity contribution >= 4 is 21.6 Å². The molecular weight excluding hydrogens is 174 g/mol. The molecule has 0 saturated heterocycles. The van der Waals surface area contributed by atoms with Crippen molar-refractivity contribution in [3.8, 4) is 0 Å². The molecule has 0 heterocycles. The van der Waals surface area contributed by atoms with Crippen LogP contribution in [0.5, 0.6) is 0 Å². The van der Waals surface area contributed by atoms with Gasteiger partial charge in [0.25, 0.3) is 6.43 Å². The largest absolute Gasteiger partial charge is 0.251 e. The minimum atomic E-state index is -2.20. The maximum absolute atomic E-state index is 12.1. The predicted molar refractivity (Wildman–Crippen MR) is 45.7 cm³/mol. The number of halogens is 2. The zero-order chi connectivity index (χ0) is 8.15. The van der Waals surface area contributed by atoms with E-state index in [9.17, 15) is 8.78 Å². The average Bonchev–Trinajstić information content (AvgIpc) is 1.81. The zero-order valence-corrected chi connectivity index (χ0v) is 7.94. The highest BCUT2D eigenvalue weighted by molar-refractivity contribution is 8.76. The van der Waals surface area contributed by atoms with Crippen LogP contribution in [0.25, 0.3) is 0 Å². The lowest BCUT2D eigenvalue weighted by molar-refractivity contribution is 0.130. The smallest absolute Gasteiger partial charge is 0.209 e. The van der Waals surface area contributed by atoms with Gasteiger partial charge in [-0.3, -0.25) is 0 Å². The fourth-order valence-corrected chi connectivity index (χ4v) is 2.67. The monoisotopic (exact) mass is 186 g/mol. The fourth-order valence-electron chi connectivity index (χ4n) is 0.555. The highest BCUT2D eigenvalue weighted by Gasteiger charge is 2.23. The second kappa shape index (κ2) is 5.24. The van der Waals surface area contributed by atoms with Crippen molar-refractivity contribution in [1.82, 2.24) is 0 Å². The Labute approximate surface area is 68.5 Å². The first-order valence-corrected chi connectivity index (χ1v) is 5.69. The molecule has 0 aromatic carbocycles. The minimum Gasteiger partial charge on any atom is -0.209 e. The highest BCUT2D eigenvalue weighted by Crippen LogP contribution is 2.32. The van der Waals surface area contributed by atoms with E-state index in [1.165, 1.54) is 21.6 Å². The normalized spacial score (nSPS) is 14.7. The van der Waals surface area contributed by atoms with Gasteiger partial charge >= 0.3 is 0 Å². The van der Waals surface area contributed by atoms with Crippen molar-refractivity contribution in [2.45, 2.75) is 25.5 Å². The summed E-state index contributed by atoms with van der Waals surface area (Å²) in [7, 11) is 2.66. The van der Waals surface area contributed by atoms with Gasteiger partial charge in [0, 0.05) is 0 Å². The molecule has 0 N–H and O–H groups in total. The molecule has 1 unspecified atom stereocenters. The Morgan fingerprint density at radius 3 is 1.80 bits per heavy atom. The zero-order valence-electron chi connectivity index (χ0n) is 6.30. The molecule has 0 aliphatic rings. The van der Waals surface area contributed by atoms with Crippen molar-refractivity contribution < 1.29 is 8.78 Å². The van der Waals surface area contributed by atoms with E-state index >= 15 is 0 Å². The average molecular weight is 186 g/mol. The highest BCUT2D eigenvalue weighted by atomic mass is 33.1. The molecule has 0 spiro atoms. The van der Waals surface area contributed by atoms with Crippen molar-refractivity contribution in [2.75, 3.05) is 6.26 Å². The molecule has 0 aliphatic carbocycles. The molecule has 0 bridgehead atoms. The van der Waals surface area contributed by atoms with E-state index in [-0.39, 0.29) is 5.92 Å². The summed E-state index contributed by atoms with van der Waals surface area (Å²) in [6.45, 7) is 3.64. The summed E-state index contributed by atoms with van der Waals surface area (Å²) in [5, 5.41) is -0.519. The summed E-state index contributed by atoms with van der Waals surface area (Å²) in [5.41, 5.74) is 0. The summed E-state index contributed by atoms with van der Waals surface area (Å²) in [4.78, 5) is 0. The summed E-state index contributed by atoms with van der Waals surface area (Å²) in [6, 6.07) is 0. The number of rotatable bonds is 4. The van der Waals surface area contributed by atoms with E-state index in [0.717, 1.165) is 0 Å². The SMILES string of the molecule is CSSC(C(C)C)C(F)F. The van der Waals surface area contributed by atoms with Gasteiger partial charge in [-0.25, -0.2) is 8.78 Å². The van der Waals surface area contributed by atoms with Crippen LogP contribution in [0.1, 0.15) is 13.8 Å². The van der Waals surface area contributed by atoms with Gasteiger partial charge in [0.15, 0.2) is 0 Å². The lowest BCUT2D eigenvalue weighted by atomic mass is 10.1. The van der Waals surface area contributed by atoms with Crippen molar-refractivity contribution in [1.29, 1.82) is 0 Å². The van der Waals surface area contributed by atoms with Crippen LogP contribution in [0.2, 0.25) is 0 Å². The fraction of sp³-hybridized carbons (Fsp3) is 1.00. The summed E-state index contributed by atoms with van der Waals surface area (Å²) < 4.78 is 24.2. The number of hydrogen-bond donors (Lipinski definition) is 0. The lowest BCUT2D eigenvalue weighted by Crippen LogP contribution is -2.19. The van der Waals surface area contributed by atoms with Gasteiger partial charge in [-0.1, -0.05) is 35.4 Å². The molecule has 1 atom stereocenters. The summed E-state index contributed by atoms with van der Waals surface area (Å²) in [6.07, 6.45) is -0.375. The molecule has 62 valence electrons. The second-order valence-electron chi connectivity index (χ2n) is 2.31. The van der Waals surface area contributed by atoms with Gasteiger partial charge in [-0.2, -0.15) is 0 Å². The van der Waals surface area contributed by atoms with Crippen LogP contribution < -0.4 is 0 Å². The van der Waals surface area contributed by atoms with Crippen molar-refractivity contribution in [3.63, 3.8) is 0 Å². The quantitative estimate of drug-likeness (QED) is 0.618. The van der Waals surface area contributed by atoms with Gasteiger partial charge in [-0.15, -0.1) is 0 Å². The minimum absolute atomic E-state index is 0.0532. The topological polar surface area (TPSA) is 0 Å². The second-order valence-corrected chi connectivity index (χ2v) is 4.95. The molecule has 0 aromatic heterocycles. The molecule has 0 nitrogen and oxygen atoms in total. The molecule has 0 radical (unpaired) electrons. The van der Waals surface area contributed by atoms with Crippen LogP contribution in [0.4, 0.5) is 8.78 Å². The molecule has 4 heteroatoms. The third kappa shape index (κ3) is 3.66. The maximum atomic E-state index is 12.1. The third-order valence-corrected chi connectivity index (χ3v) is 3.52. The molecule has 0 fully saturated rings. The molecule has 0 saturated carbocycles. The third-order valence-electron chi connectivity index (χ3n) is 1.11. The molecule has 0 aromatic rings. The van der Waals surface area contributed by atoms with Crippen LogP contribution in [-0.4, -0.2) is 17.9 Å². The Morgan fingerprint density at radius 1 is 1.20 bits per heavy atom. The van der Waals surface area contributed by atoms with Crippen LogP contribution in [0.15, 0.2) is 0 Å². The molecule has 0 amide bonds. The Hall–Kier alpha value is 0.560. The standard InChI is InChI=1S/C6H12F2S2/c1-4(2)5(6(7)8)10-9-3/h4-6H,1-3H3. The predicted octanol–water partition coefficient (Wildman–Crippen LogP) is 3.29. The first kappa shape index (κ1) is 10.6. The van der Waals surface area contributed by atoms with Crippen LogP contribution in [0.3, 0.4) is 0 Å². The lowest BCUT2D eigenvalue weighted by Gasteiger charge is -2.17. The van der Waals surface area contributed by atoms with E-state index < -0.39 is 11.7 Å². The van der Waals surface area contributed by atoms with Gasteiger partial charge in [0.05, 0.1) is 5.25 Å². The van der Waals surface area contributed by atoms with Gasteiger partial charge in [0.1, 0.15) is 0 Å². The number of alkyl halides is 2. The molecule has 0 aliphatic heterocycles. The van der Waals surface area contributed by atoms with E-state index in [1.807, 2.05) is 20.1 Å². The molecular formula is C6H12F2S2. The Morgan fingerprint density at radius 2 is 1.70 bits per heavy atom. The Bertz CT molecular complexity index is 77.8. The van der Waals surface area contributed by atoms with E-state index in [4.69, 9.17) is 0 Å². The van der Waals surface area contributed by atoms with E-state index in [0.29, 0.717) is 0 Å².